The Morgan fingerprint density at radius 2 is 2.12 bits per heavy atom. The van der Waals surface area contributed by atoms with Crippen molar-refractivity contribution in [2.45, 2.75) is 46.0 Å². The molecule has 0 aliphatic heterocycles. The molecule has 0 aromatic rings. The van der Waals surface area contributed by atoms with Crippen LogP contribution < -0.4 is 0 Å². The van der Waals surface area contributed by atoms with E-state index in [1.807, 2.05) is 0 Å². The van der Waals surface area contributed by atoms with Crippen LogP contribution in [0.25, 0.3) is 0 Å². The maximum atomic E-state index is 9.42. The summed E-state index contributed by atoms with van der Waals surface area (Å²) in [5, 5.41) is 9.42. The van der Waals surface area contributed by atoms with Crippen molar-refractivity contribution in [1.82, 2.24) is 0 Å². The summed E-state index contributed by atoms with van der Waals surface area (Å²) < 4.78 is 0. The smallest absolute Gasteiger partial charge is 0.0459 e. The number of hydrogen-bond donors (Lipinski definition) is 1. The molecule has 1 nitrogen and oxygen atoms in total. The summed E-state index contributed by atoms with van der Waals surface area (Å²) in [5.74, 6) is 2.11. The Hall–Kier alpha value is -0.300. The third kappa shape index (κ3) is 1.16. The number of aliphatic hydroxyl groups excluding tert-OH is 1. The van der Waals surface area contributed by atoms with Crippen LogP contribution >= 0.6 is 0 Å². The molecule has 0 radical (unpaired) electrons. The summed E-state index contributed by atoms with van der Waals surface area (Å²) in [4.78, 5) is 0. The second-order valence-corrected chi connectivity index (χ2v) is 7.09. The molecule has 3 saturated carbocycles. The van der Waals surface area contributed by atoms with E-state index in [4.69, 9.17) is 0 Å². The van der Waals surface area contributed by atoms with Gasteiger partial charge in [0.05, 0.1) is 0 Å². The van der Waals surface area contributed by atoms with Crippen molar-refractivity contribution in [3.05, 3.63) is 12.2 Å². The lowest BCUT2D eigenvalue weighted by molar-refractivity contribution is 0.118. The zero-order valence-electron chi connectivity index (χ0n) is 10.6. The molecule has 1 spiro atoms. The molecule has 0 aromatic carbocycles. The molecule has 0 amide bonds. The van der Waals surface area contributed by atoms with Gasteiger partial charge in [-0.1, -0.05) is 26.0 Å². The van der Waals surface area contributed by atoms with Crippen molar-refractivity contribution in [2.75, 3.05) is 6.61 Å². The van der Waals surface area contributed by atoms with E-state index in [2.05, 4.69) is 20.4 Å². The number of allylic oxidation sites excluding steroid dienone is 1. The number of hydrogen-bond acceptors (Lipinski definition) is 1. The van der Waals surface area contributed by atoms with Gasteiger partial charge in [-0.2, -0.15) is 0 Å². The molecule has 1 N–H and O–H groups in total. The van der Waals surface area contributed by atoms with Gasteiger partial charge in [0.25, 0.3) is 0 Å². The lowest BCUT2D eigenvalue weighted by atomic mass is 9.58. The highest BCUT2D eigenvalue weighted by Gasteiger charge is 2.59. The first-order valence-corrected chi connectivity index (χ1v) is 6.80. The second kappa shape index (κ2) is 3.13. The zero-order valence-corrected chi connectivity index (χ0v) is 10.6. The molecule has 3 aliphatic rings. The van der Waals surface area contributed by atoms with Crippen molar-refractivity contribution < 1.29 is 5.11 Å². The molecule has 4 atom stereocenters. The minimum absolute atomic E-state index is 0.342. The standard InChI is InChI=1S/C15H24O/c1-10-13-6-11(9-16)7-15(13)5-4-12(8-15)14(10,2)3/h11-13,16H,1,4-9H2,2-3H3/t11-,12-,13+,15-/m0/s1. The number of fused-ring (bicyclic) bond motifs is 1. The molecule has 3 fully saturated rings. The highest BCUT2D eigenvalue weighted by atomic mass is 16.3. The molecule has 1 heteroatoms. The Bertz CT molecular complexity index is 330. The molecule has 0 saturated heterocycles. The van der Waals surface area contributed by atoms with E-state index < -0.39 is 0 Å². The summed E-state index contributed by atoms with van der Waals surface area (Å²) >= 11 is 0. The number of rotatable bonds is 1. The fourth-order valence-corrected chi connectivity index (χ4v) is 5.02. The van der Waals surface area contributed by atoms with Gasteiger partial charge in [0.15, 0.2) is 0 Å². The van der Waals surface area contributed by atoms with Gasteiger partial charge in [0.2, 0.25) is 0 Å². The minimum atomic E-state index is 0.342. The van der Waals surface area contributed by atoms with Crippen LogP contribution in [0, 0.1) is 28.6 Å². The normalized spacial score (nSPS) is 49.4. The average Bonchev–Trinajstić information content (AvgIpc) is 2.81. The van der Waals surface area contributed by atoms with E-state index in [0.29, 0.717) is 29.3 Å². The topological polar surface area (TPSA) is 20.2 Å². The molecule has 0 heterocycles. The summed E-state index contributed by atoms with van der Waals surface area (Å²) in [6.07, 6.45) is 6.65. The highest BCUT2D eigenvalue weighted by Crippen LogP contribution is 2.69. The van der Waals surface area contributed by atoms with Gasteiger partial charge in [-0.05, 0) is 60.7 Å². The molecular weight excluding hydrogens is 196 g/mol. The lowest BCUT2D eigenvalue weighted by Gasteiger charge is -2.47. The van der Waals surface area contributed by atoms with E-state index in [0.717, 1.165) is 5.92 Å². The van der Waals surface area contributed by atoms with Gasteiger partial charge >= 0.3 is 0 Å². The average molecular weight is 220 g/mol. The van der Waals surface area contributed by atoms with Gasteiger partial charge in [-0.15, -0.1) is 0 Å². The first-order chi connectivity index (χ1) is 7.49. The van der Waals surface area contributed by atoms with E-state index in [1.165, 1.54) is 37.7 Å². The predicted octanol–water partition coefficient (Wildman–Crippen LogP) is 3.39. The van der Waals surface area contributed by atoms with E-state index in [1.54, 1.807) is 0 Å². The van der Waals surface area contributed by atoms with Crippen molar-refractivity contribution >= 4 is 0 Å². The summed E-state index contributed by atoms with van der Waals surface area (Å²) in [7, 11) is 0. The van der Waals surface area contributed by atoms with Crippen LogP contribution in [0.5, 0.6) is 0 Å². The fourth-order valence-electron chi connectivity index (χ4n) is 5.02. The monoisotopic (exact) mass is 220 g/mol. The molecule has 2 bridgehead atoms. The molecule has 3 aliphatic carbocycles. The van der Waals surface area contributed by atoms with Crippen molar-refractivity contribution in [2.24, 2.45) is 28.6 Å². The summed E-state index contributed by atoms with van der Waals surface area (Å²) in [5.41, 5.74) is 2.39. The number of aliphatic hydroxyl groups is 1. The molecule has 16 heavy (non-hydrogen) atoms. The summed E-state index contributed by atoms with van der Waals surface area (Å²) in [6.45, 7) is 9.60. The molecule has 0 aromatic heterocycles. The van der Waals surface area contributed by atoms with Crippen molar-refractivity contribution in [3.63, 3.8) is 0 Å². The van der Waals surface area contributed by atoms with Crippen LogP contribution in [-0.4, -0.2) is 11.7 Å². The Labute approximate surface area is 98.9 Å². The van der Waals surface area contributed by atoms with E-state index in [-0.39, 0.29) is 0 Å². The van der Waals surface area contributed by atoms with Gasteiger partial charge in [-0.3, -0.25) is 0 Å². The van der Waals surface area contributed by atoms with E-state index >= 15 is 0 Å². The van der Waals surface area contributed by atoms with Crippen LogP contribution in [0.3, 0.4) is 0 Å². The molecular formula is C15H24O. The first kappa shape index (κ1) is 10.8. The van der Waals surface area contributed by atoms with Crippen LogP contribution in [0.1, 0.15) is 46.0 Å². The first-order valence-electron chi connectivity index (χ1n) is 6.80. The quantitative estimate of drug-likeness (QED) is 0.672. The SMILES string of the molecule is C=C1[C@H]2C[C@H](CO)C[C@]23CC[C@@H](C3)C1(C)C. The van der Waals surface area contributed by atoms with Crippen molar-refractivity contribution in [3.8, 4) is 0 Å². The van der Waals surface area contributed by atoms with Gasteiger partial charge in [0, 0.05) is 6.61 Å². The third-order valence-corrected chi connectivity index (χ3v) is 6.17. The Balaban J connectivity index is 1.98. The minimum Gasteiger partial charge on any atom is -0.396 e. The fraction of sp³-hybridized carbons (Fsp3) is 0.867. The Morgan fingerprint density at radius 3 is 2.81 bits per heavy atom. The van der Waals surface area contributed by atoms with Crippen LogP contribution in [-0.2, 0) is 0 Å². The molecule has 90 valence electrons. The summed E-state index contributed by atoms with van der Waals surface area (Å²) in [6, 6.07) is 0. The van der Waals surface area contributed by atoms with Gasteiger partial charge in [-0.25, -0.2) is 0 Å². The van der Waals surface area contributed by atoms with Gasteiger partial charge in [0.1, 0.15) is 0 Å². The van der Waals surface area contributed by atoms with Crippen molar-refractivity contribution in [1.29, 1.82) is 0 Å². The maximum Gasteiger partial charge on any atom is 0.0459 e. The maximum absolute atomic E-state index is 9.42. The Morgan fingerprint density at radius 1 is 1.38 bits per heavy atom. The Kier molecular flexibility index (Phi) is 2.12. The second-order valence-electron chi connectivity index (χ2n) is 7.09. The van der Waals surface area contributed by atoms with Crippen LogP contribution in [0.4, 0.5) is 0 Å². The van der Waals surface area contributed by atoms with Gasteiger partial charge < -0.3 is 5.11 Å². The predicted molar refractivity (Wildman–Crippen MR) is 66.0 cm³/mol. The largest absolute Gasteiger partial charge is 0.396 e. The third-order valence-electron chi connectivity index (χ3n) is 6.17. The van der Waals surface area contributed by atoms with E-state index in [9.17, 15) is 5.11 Å². The zero-order chi connectivity index (χ0) is 11.6. The highest BCUT2D eigenvalue weighted by molar-refractivity contribution is 5.26. The van der Waals surface area contributed by atoms with Crippen LogP contribution in [0.15, 0.2) is 12.2 Å². The molecule has 3 rings (SSSR count). The lowest BCUT2D eigenvalue weighted by Crippen LogP contribution is -2.38. The van der Waals surface area contributed by atoms with Crippen LogP contribution in [0.2, 0.25) is 0 Å². The molecule has 0 unspecified atom stereocenters.